The Bertz CT molecular complexity index is 535. The Labute approximate surface area is 88.0 Å². The summed E-state index contributed by atoms with van der Waals surface area (Å²) < 4.78 is 12.6. The summed E-state index contributed by atoms with van der Waals surface area (Å²) in [5, 5.41) is 13.7. The summed E-state index contributed by atoms with van der Waals surface area (Å²) in [5.41, 5.74) is 0.338. The van der Waals surface area contributed by atoms with Crippen LogP contribution in [-0.2, 0) is 0 Å². The van der Waals surface area contributed by atoms with Crippen LogP contribution in [0.1, 0.15) is 0 Å². The fourth-order valence-electron chi connectivity index (χ4n) is 1.10. The van der Waals surface area contributed by atoms with Gasteiger partial charge in [0.05, 0.1) is 5.69 Å². The summed E-state index contributed by atoms with van der Waals surface area (Å²) in [5.74, 6) is -0.259. The zero-order chi connectivity index (χ0) is 10.8. The maximum atomic E-state index is 12.6. The monoisotopic (exact) mass is 226 g/mol. The second-order valence-electron chi connectivity index (χ2n) is 2.85. The highest BCUT2D eigenvalue weighted by Gasteiger charge is 2.03. The maximum absolute atomic E-state index is 12.6. The van der Waals surface area contributed by atoms with Gasteiger partial charge in [0.1, 0.15) is 17.4 Å². The molecule has 2 aromatic rings. The second-order valence-corrected chi connectivity index (χ2v) is 3.69. The largest absolute Gasteiger partial charge is 0.506 e. The van der Waals surface area contributed by atoms with Crippen molar-refractivity contribution in [3.05, 3.63) is 39.1 Å². The van der Waals surface area contributed by atoms with Crippen molar-refractivity contribution >= 4 is 22.8 Å². The van der Waals surface area contributed by atoms with Crippen molar-refractivity contribution in [2.75, 3.05) is 5.32 Å². The number of nitrogens with one attached hydrogen (secondary N) is 2. The first-order valence-corrected chi connectivity index (χ1v) is 4.96. The molecule has 0 unspecified atom stereocenters. The summed E-state index contributed by atoms with van der Waals surface area (Å²) in [4.78, 5) is 13.1. The Morgan fingerprint density at radius 1 is 1.47 bits per heavy atom. The number of H-pyrrole nitrogens is 1. The minimum Gasteiger partial charge on any atom is -0.506 e. The van der Waals surface area contributed by atoms with E-state index >= 15 is 0 Å². The van der Waals surface area contributed by atoms with E-state index in [1.807, 2.05) is 0 Å². The first-order chi connectivity index (χ1) is 7.15. The van der Waals surface area contributed by atoms with Gasteiger partial charge in [0.15, 0.2) is 0 Å². The fraction of sp³-hybridized carbons (Fsp3) is 0. The van der Waals surface area contributed by atoms with Crippen molar-refractivity contribution in [2.24, 2.45) is 0 Å². The molecule has 0 fully saturated rings. The van der Waals surface area contributed by atoms with E-state index in [1.165, 1.54) is 12.1 Å². The zero-order valence-corrected chi connectivity index (χ0v) is 8.27. The molecular formula is C9H7FN2O2S. The van der Waals surface area contributed by atoms with E-state index in [9.17, 15) is 14.3 Å². The number of hydrogen-bond acceptors (Lipinski definition) is 4. The zero-order valence-electron chi connectivity index (χ0n) is 7.45. The van der Waals surface area contributed by atoms with Gasteiger partial charge in [-0.25, -0.2) is 4.39 Å². The third-order valence-corrected chi connectivity index (χ3v) is 2.42. The summed E-state index contributed by atoms with van der Waals surface area (Å²) in [7, 11) is 0. The molecule has 15 heavy (non-hydrogen) atoms. The molecule has 0 saturated carbocycles. The number of benzene rings is 1. The lowest BCUT2D eigenvalue weighted by molar-refractivity contribution is 0.471. The van der Waals surface area contributed by atoms with Gasteiger partial charge in [0.25, 0.3) is 0 Å². The van der Waals surface area contributed by atoms with E-state index in [2.05, 4.69) is 10.3 Å². The number of hydrogen-bond donors (Lipinski definition) is 3. The van der Waals surface area contributed by atoms with Crippen molar-refractivity contribution in [3.63, 3.8) is 0 Å². The summed E-state index contributed by atoms with van der Waals surface area (Å²) >= 11 is 1.00. The van der Waals surface area contributed by atoms with Crippen molar-refractivity contribution in [1.82, 2.24) is 4.98 Å². The molecule has 0 aliphatic rings. The smallest absolute Gasteiger partial charge is 0.306 e. The first kappa shape index (κ1) is 9.72. The second kappa shape index (κ2) is 3.74. The molecule has 0 aliphatic carbocycles. The van der Waals surface area contributed by atoms with E-state index in [1.54, 1.807) is 5.38 Å². The molecule has 1 heterocycles. The molecule has 0 bridgehead atoms. The van der Waals surface area contributed by atoms with Gasteiger partial charge in [0.2, 0.25) is 0 Å². The van der Waals surface area contributed by atoms with Gasteiger partial charge in [-0.2, -0.15) is 0 Å². The number of phenols is 1. The quantitative estimate of drug-likeness (QED) is 0.686. The molecule has 0 radical (unpaired) electrons. The standard InChI is InChI=1S/C9H7FN2O2S/c10-5-1-2-6(7(13)3-5)11-8-4-15-9(14)12-8/h1-4,11,13H,(H,12,14). The molecule has 6 heteroatoms. The van der Waals surface area contributed by atoms with E-state index in [4.69, 9.17) is 0 Å². The molecule has 0 spiro atoms. The Kier molecular flexibility index (Phi) is 2.42. The third-order valence-electron chi connectivity index (χ3n) is 1.75. The number of rotatable bonds is 2. The predicted octanol–water partition coefficient (Wildman–Crippen LogP) is 2.02. The van der Waals surface area contributed by atoms with E-state index < -0.39 is 5.82 Å². The lowest BCUT2D eigenvalue weighted by atomic mass is 10.3. The SMILES string of the molecule is O=c1[nH]c(Nc2ccc(F)cc2O)cs1. The van der Waals surface area contributed by atoms with E-state index in [-0.39, 0.29) is 10.6 Å². The van der Waals surface area contributed by atoms with Gasteiger partial charge in [-0.3, -0.25) is 9.78 Å². The van der Waals surface area contributed by atoms with Crippen molar-refractivity contribution in [3.8, 4) is 5.75 Å². The normalized spacial score (nSPS) is 10.2. The first-order valence-electron chi connectivity index (χ1n) is 4.08. The van der Waals surface area contributed by atoms with Crippen molar-refractivity contribution in [2.45, 2.75) is 0 Å². The third kappa shape index (κ3) is 2.16. The summed E-state index contributed by atoms with van der Waals surface area (Å²) in [6.45, 7) is 0. The van der Waals surface area contributed by atoms with Crippen LogP contribution in [0.5, 0.6) is 5.75 Å². The molecule has 1 aromatic heterocycles. The minimum absolute atomic E-state index is 0.195. The fourth-order valence-corrected chi connectivity index (χ4v) is 1.61. The Morgan fingerprint density at radius 2 is 2.27 bits per heavy atom. The van der Waals surface area contributed by atoms with Gasteiger partial charge in [-0.1, -0.05) is 11.3 Å². The highest BCUT2D eigenvalue weighted by molar-refractivity contribution is 7.07. The van der Waals surface area contributed by atoms with Crippen LogP contribution in [0, 0.1) is 5.82 Å². The Balaban J connectivity index is 2.28. The summed E-state index contributed by atoms with van der Waals surface area (Å²) in [6.07, 6.45) is 0. The van der Waals surface area contributed by atoms with Gasteiger partial charge in [-0.15, -0.1) is 0 Å². The summed E-state index contributed by atoms with van der Waals surface area (Å²) in [6, 6.07) is 3.60. The van der Waals surface area contributed by atoms with Crippen molar-refractivity contribution < 1.29 is 9.50 Å². The maximum Gasteiger partial charge on any atom is 0.306 e. The minimum atomic E-state index is -0.517. The van der Waals surface area contributed by atoms with E-state index in [0.29, 0.717) is 11.5 Å². The van der Waals surface area contributed by atoms with Gasteiger partial charge in [0, 0.05) is 11.4 Å². The van der Waals surface area contributed by atoms with Crippen LogP contribution in [0.2, 0.25) is 0 Å². The highest BCUT2D eigenvalue weighted by Crippen LogP contribution is 2.26. The van der Waals surface area contributed by atoms with Gasteiger partial charge < -0.3 is 10.4 Å². The number of aromatic hydroxyl groups is 1. The molecule has 78 valence electrons. The van der Waals surface area contributed by atoms with Crippen LogP contribution in [0.15, 0.2) is 28.4 Å². The van der Waals surface area contributed by atoms with Crippen molar-refractivity contribution in [1.29, 1.82) is 0 Å². The number of halogens is 1. The predicted molar refractivity (Wildman–Crippen MR) is 56.3 cm³/mol. The molecule has 1 aromatic carbocycles. The van der Waals surface area contributed by atoms with Crippen LogP contribution in [-0.4, -0.2) is 10.1 Å². The Hall–Kier alpha value is -1.82. The Morgan fingerprint density at radius 3 is 2.87 bits per heavy atom. The number of anilines is 2. The molecule has 3 N–H and O–H groups in total. The molecule has 0 atom stereocenters. The van der Waals surface area contributed by atoms with Gasteiger partial charge >= 0.3 is 4.87 Å². The van der Waals surface area contributed by atoms with Crippen LogP contribution >= 0.6 is 11.3 Å². The van der Waals surface area contributed by atoms with Crippen LogP contribution in [0.25, 0.3) is 0 Å². The number of aromatic amines is 1. The molecular weight excluding hydrogens is 219 g/mol. The molecule has 0 saturated heterocycles. The molecule has 0 amide bonds. The molecule has 4 nitrogen and oxygen atoms in total. The molecule has 0 aliphatic heterocycles. The number of aromatic nitrogens is 1. The average molecular weight is 226 g/mol. The average Bonchev–Trinajstić information content (AvgIpc) is 2.56. The lowest BCUT2D eigenvalue weighted by Crippen LogP contribution is -1.96. The van der Waals surface area contributed by atoms with E-state index in [0.717, 1.165) is 17.4 Å². The topological polar surface area (TPSA) is 65.1 Å². The van der Waals surface area contributed by atoms with Crippen LogP contribution < -0.4 is 10.2 Å². The number of phenolic OH excluding ortho intramolecular Hbond substituents is 1. The number of thiazole rings is 1. The lowest BCUT2D eigenvalue weighted by Gasteiger charge is -2.05. The molecule has 2 rings (SSSR count). The van der Waals surface area contributed by atoms with Gasteiger partial charge in [-0.05, 0) is 12.1 Å². The van der Waals surface area contributed by atoms with Crippen LogP contribution in [0.4, 0.5) is 15.9 Å². The highest BCUT2D eigenvalue weighted by atomic mass is 32.1. The van der Waals surface area contributed by atoms with Crippen LogP contribution in [0.3, 0.4) is 0 Å².